The first-order valence-corrected chi connectivity index (χ1v) is 6.88. The number of hydrogen-bond acceptors (Lipinski definition) is 2. The largest absolute Gasteiger partial charge is 0.494 e. The van der Waals surface area contributed by atoms with Crippen LogP contribution in [0.4, 0.5) is 0 Å². The van der Waals surface area contributed by atoms with Crippen molar-refractivity contribution in [2.75, 3.05) is 13.2 Å². The molecule has 1 unspecified atom stereocenters. The highest BCUT2D eigenvalue weighted by Crippen LogP contribution is 2.21. The minimum absolute atomic E-state index is 0.416. The van der Waals surface area contributed by atoms with Gasteiger partial charge in [0.2, 0.25) is 0 Å². The highest BCUT2D eigenvalue weighted by atomic mass is 16.5. The first-order chi connectivity index (χ1) is 8.72. The molecule has 1 rings (SSSR count). The van der Waals surface area contributed by atoms with E-state index >= 15 is 0 Å². The molecule has 2 nitrogen and oxygen atoms in total. The van der Waals surface area contributed by atoms with Crippen LogP contribution < -0.4 is 5.32 Å². The Morgan fingerprint density at radius 1 is 1.33 bits per heavy atom. The van der Waals surface area contributed by atoms with Gasteiger partial charge >= 0.3 is 0 Å². The second-order valence-corrected chi connectivity index (χ2v) is 4.40. The molecule has 2 heteroatoms. The molecule has 0 spiro atoms. The van der Waals surface area contributed by atoms with Gasteiger partial charge in [-0.15, -0.1) is 0 Å². The summed E-state index contributed by atoms with van der Waals surface area (Å²) in [6.45, 7) is 12.0. The van der Waals surface area contributed by atoms with E-state index in [4.69, 9.17) is 4.74 Å². The van der Waals surface area contributed by atoms with Crippen molar-refractivity contribution >= 4 is 5.76 Å². The molecule has 0 aliphatic rings. The van der Waals surface area contributed by atoms with Crippen LogP contribution in [0.1, 0.15) is 50.8 Å². The SMILES string of the molecule is C=C(OCC)c1cccc(C(CC)NCCC)c1. The minimum Gasteiger partial charge on any atom is -0.494 e. The summed E-state index contributed by atoms with van der Waals surface area (Å²) in [4.78, 5) is 0. The maximum Gasteiger partial charge on any atom is 0.119 e. The van der Waals surface area contributed by atoms with Crippen molar-refractivity contribution in [3.05, 3.63) is 42.0 Å². The number of nitrogens with one attached hydrogen (secondary N) is 1. The second kappa shape index (κ2) is 7.93. The summed E-state index contributed by atoms with van der Waals surface area (Å²) in [6.07, 6.45) is 2.24. The van der Waals surface area contributed by atoms with E-state index in [9.17, 15) is 0 Å². The smallest absolute Gasteiger partial charge is 0.119 e. The van der Waals surface area contributed by atoms with E-state index in [1.807, 2.05) is 13.0 Å². The molecule has 0 bridgehead atoms. The molecule has 0 aromatic heterocycles. The molecule has 0 aliphatic heterocycles. The fraction of sp³-hybridized carbons (Fsp3) is 0.500. The number of hydrogen-bond donors (Lipinski definition) is 1. The molecule has 1 aromatic carbocycles. The predicted molar refractivity (Wildman–Crippen MR) is 78.4 cm³/mol. The second-order valence-electron chi connectivity index (χ2n) is 4.40. The molecule has 0 amide bonds. The quantitative estimate of drug-likeness (QED) is 0.697. The van der Waals surface area contributed by atoms with Gasteiger partial charge in [-0.2, -0.15) is 0 Å². The van der Waals surface area contributed by atoms with Crippen molar-refractivity contribution in [2.45, 2.75) is 39.7 Å². The molecule has 0 fully saturated rings. The van der Waals surface area contributed by atoms with Gasteiger partial charge in [0.1, 0.15) is 5.76 Å². The van der Waals surface area contributed by atoms with Crippen molar-refractivity contribution in [1.82, 2.24) is 5.32 Å². The van der Waals surface area contributed by atoms with Crippen LogP contribution in [0.2, 0.25) is 0 Å². The third-order valence-corrected chi connectivity index (χ3v) is 2.98. The van der Waals surface area contributed by atoms with Crippen LogP contribution in [0.3, 0.4) is 0 Å². The summed E-state index contributed by atoms with van der Waals surface area (Å²) in [5, 5.41) is 3.56. The van der Waals surface area contributed by atoms with Gasteiger partial charge in [0.05, 0.1) is 6.61 Å². The van der Waals surface area contributed by atoms with Gasteiger partial charge in [-0.05, 0) is 37.9 Å². The third kappa shape index (κ3) is 4.19. The van der Waals surface area contributed by atoms with Crippen LogP contribution in [-0.2, 0) is 4.74 Å². The van der Waals surface area contributed by atoms with Gasteiger partial charge in [0.25, 0.3) is 0 Å². The van der Waals surface area contributed by atoms with Crippen LogP contribution in [0.25, 0.3) is 5.76 Å². The Labute approximate surface area is 111 Å². The maximum atomic E-state index is 5.46. The molecular weight excluding hydrogens is 222 g/mol. The van der Waals surface area contributed by atoms with Gasteiger partial charge in [0, 0.05) is 11.6 Å². The lowest BCUT2D eigenvalue weighted by atomic mass is 10.0. The van der Waals surface area contributed by atoms with Gasteiger partial charge < -0.3 is 10.1 Å². The van der Waals surface area contributed by atoms with Gasteiger partial charge in [-0.25, -0.2) is 0 Å². The van der Waals surface area contributed by atoms with Crippen molar-refractivity contribution in [3.63, 3.8) is 0 Å². The molecule has 0 radical (unpaired) electrons. The van der Waals surface area contributed by atoms with E-state index < -0.39 is 0 Å². The first-order valence-electron chi connectivity index (χ1n) is 6.88. The molecule has 0 saturated heterocycles. The fourth-order valence-corrected chi connectivity index (χ4v) is 2.00. The molecule has 100 valence electrons. The Bertz CT molecular complexity index is 373. The van der Waals surface area contributed by atoms with Gasteiger partial charge in [-0.3, -0.25) is 0 Å². The first kappa shape index (κ1) is 14.8. The zero-order valence-electron chi connectivity index (χ0n) is 11.8. The monoisotopic (exact) mass is 247 g/mol. The summed E-state index contributed by atoms with van der Waals surface area (Å²) < 4.78 is 5.46. The topological polar surface area (TPSA) is 21.3 Å². The Hall–Kier alpha value is -1.28. The van der Waals surface area contributed by atoms with Crippen molar-refractivity contribution in [2.24, 2.45) is 0 Å². The summed E-state index contributed by atoms with van der Waals surface area (Å²) in [5.74, 6) is 0.754. The Morgan fingerprint density at radius 3 is 2.72 bits per heavy atom. The third-order valence-electron chi connectivity index (χ3n) is 2.98. The lowest BCUT2D eigenvalue weighted by molar-refractivity contribution is 0.299. The maximum absolute atomic E-state index is 5.46. The van der Waals surface area contributed by atoms with Crippen LogP contribution >= 0.6 is 0 Å². The van der Waals surface area contributed by atoms with E-state index in [1.165, 1.54) is 5.56 Å². The van der Waals surface area contributed by atoms with Crippen LogP contribution in [0.5, 0.6) is 0 Å². The Kier molecular flexibility index (Phi) is 6.51. The van der Waals surface area contributed by atoms with Crippen molar-refractivity contribution in [3.8, 4) is 0 Å². The summed E-state index contributed by atoms with van der Waals surface area (Å²) in [6, 6.07) is 8.88. The highest BCUT2D eigenvalue weighted by Gasteiger charge is 2.09. The lowest BCUT2D eigenvalue weighted by Gasteiger charge is -2.18. The fourth-order valence-electron chi connectivity index (χ4n) is 2.00. The lowest BCUT2D eigenvalue weighted by Crippen LogP contribution is -2.21. The summed E-state index contributed by atoms with van der Waals surface area (Å²) in [5.41, 5.74) is 2.38. The molecule has 1 N–H and O–H groups in total. The predicted octanol–water partition coefficient (Wildman–Crippen LogP) is 4.14. The van der Waals surface area contributed by atoms with E-state index in [2.05, 4.69) is 43.9 Å². The molecule has 0 heterocycles. The minimum atomic E-state index is 0.416. The molecule has 1 atom stereocenters. The van der Waals surface area contributed by atoms with E-state index in [-0.39, 0.29) is 0 Å². The van der Waals surface area contributed by atoms with E-state index in [0.717, 1.165) is 30.7 Å². The van der Waals surface area contributed by atoms with Crippen molar-refractivity contribution in [1.29, 1.82) is 0 Å². The van der Waals surface area contributed by atoms with E-state index in [0.29, 0.717) is 12.6 Å². The van der Waals surface area contributed by atoms with Crippen LogP contribution in [0.15, 0.2) is 30.8 Å². The normalized spacial score (nSPS) is 12.2. The summed E-state index contributed by atoms with van der Waals surface area (Å²) >= 11 is 0. The average molecular weight is 247 g/mol. The standard InChI is InChI=1S/C16H25NO/c1-5-11-17-16(6-2)15-10-8-9-14(12-15)13(4)18-7-3/h8-10,12,16-17H,4-7,11H2,1-3H3. The van der Waals surface area contributed by atoms with Crippen molar-refractivity contribution < 1.29 is 4.74 Å². The van der Waals surface area contributed by atoms with E-state index in [1.54, 1.807) is 0 Å². The molecule has 0 aliphatic carbocycles. The zero-order chi connectivity index (χ0) is 13.4. The van der Waals surface area contributed by atoms with Gasteiger partial charge in [-0.1, -0.05) is 38.6 Å². The summed E-state index contributed by atoms with van der Waals surface area (Å²) in [7, 11) is 0. The molecule has 18 heavy (non-hydrogen) atoms. The number of ether oxygens (including phenoxy) is 1. The number of benzene rings is 1. The Morgan fingerprint density at radius 2 is 2.11 bits per heavy atom. The molecular formula is C16H25NO. The van der Waals surface area contributed by atoms with Gasteiger partial charge in [0.15, 0.2) is 0 Å². The van der Waals surface area contributed by atoms with Crippen LogP contribution in [0, 0.1) is 0 Å². The Balaban J connectivity index is 2.82. The number of rotatable bonds is 8. The van der Waals surface area contributed by atoms with Crippen LogP contribution in [-0.4, -0.2) is 13.2 Å². The highest BCUT2D eigenvalue weighted by molar-refractivity contribution is 5.58. The zero-order valence-corrected chi connectivity index (χ0v) is 11.8. The molecule has 1 aromatic rings. The average Bonchev–Trinajstić information content (AvgIpc) is 2.40. The molecule has 0 saturated carbocycles.